The Hall–Kier alpha value is -2.61. The normalized spacial score (nSPS) is 11.7. The van der Waals surface area contributed by atoms with Gasteiger partial charge in [0, 0.05) is 6.20 Å². The summed E-state index contributed by atoms with van der Waals surface area (Å²) in [5.74, 6) is -0.471. The van der Waals surface area contributed by atoms with Crippen LogP contribution in [0.1, 0.15) is 41.3 Å². The van der Waals surface area contributed by atoms with E-state index in [0.717, 1.165) is 11.1 Å². The molecule has 0 N–H and O–H groups in total. The number of hydrogen-bond acceptors (Lipinski definition) is 4. The number of nitriles is 1. The lowest BCUT2D eigenvalue weighted by molar-refractivity contribution is 0.0526. The molecule has 1 aromatic heterocycles. The molecule has 5 nitrogen and oxygen atoms in total. The predicted molar refractivity (Wildman–Crippen MR) is 77.8 cm³/mol. The van der Waals surface area contributed by atoms with Crippen LogP contribution in [0.2, 0.25) is 0 Å². The largest absolute Gasteiger partial charge is 0.462 e. The van der Waals surface area contributed by atoms with Crippen molar-refractivity contribution >= 4 is 5.97 Å². The van der Waals surface area contributed by atoms with Gasteiger partial charge in [-0.15, -0.1) is 0 Å². The van der Waals surface area contributed by atoms with Crippen molar-refractivity contribution in [2.45, 2.75) is 26.3 Å². The van der Waals surface area contributed by atoms with E-state index in [0.29, 0.717) is 18.7 Å². The molecule has 1 aromatic carbocycles. The molecule has 21 heavy (non-hydrogen) atoms. The second-order valence-corrected chi connectivity index (χ2v) is 4.74. The lowest BCUT2D eigenvalue weighted by Gasteiger charge is -2.05. The fourth-order valence-corrected chi connectivity index (χ4v) is 1.94. The van der Waals surface area contributed by atoms with Gasteiger partial charge >= 0.3 is 5.97 Å². The molecule has 0 radical (unpaired) electrons. The fourth-order valence-electron chi connectivity index (χ4n) is 1.94. The van der Waals surface area contributed by atoms with Crippen LogP contribution in [0.4, 0.5) is 0 Å². The Balaban J connectivity index is 2.05. The van der Waals surface area contributed by atoms with Gasteiger partial charge in [0.1, 0.15) is 0 Å². The average molecular weight is 283 g/mol. The molecule has 0 spiro atoms. The van der Waals surface area contributed by atoms with Gasteiger partial charge in [-0.3, -0.25) is 4.68 Å². The Kier molecular flexibility index (Phi) is 4.72. The van der Waals surface area contributed by atoms with E-state index in [1.165, 1.54) is 6.20 Å². The molecule has 1 atom stereocenters. The first-order chi connectivity index (χ1) is 10.1. The van der Waals surface area contributed by atoms with Crippen LogP contribution in [0.25, 0.3) is 0 Å². The summed E-state index contributed by atoms with van der Waals surface area (Å²) in [5.41, 5.74) is 2.50. The van der Waals surface area contributed by atoms with Crippen molar-refractivity contribution in [3.8, 4) is 6.07 Å². The van der Waals surface area contributed by atoms with Crippen molar-refractivity contribution in [2.24, 2.45) is 0 Å². The SMILES string of the molecule is CCOC(=O)c1cnn(Cc2ccc(C(C)C#N)cc2)c1. The Morgan fingerprint density at radius 1 is 1.43 bits per heavy atom. The van der Waals surface area contributed by atoms with Crippen molar-refractivity contribution in [3.63, 3.8) is 0 Å². The van der Waals surface area contributed by atoms with E-state index in [9.17, 15) is 4.79 Å². The molecule has 0 saturated carbocycles. The monoisotopic (exact) mass is 283 g/mol. The van der Waals surface area contributed by atoms with E-state index in [-0.39, 0.29) is 11.9 Å². The van der Waals surface area contributed by atoms with Crippen LogP contribution >= 0.6 is 0 Å². The van der Waals surface area contributed by atoms with Crippen molar-refractivity contribution in [2.75, 3.05) is 6.61 Å². The molecule has 2 rings (SSSR count). The van der Waals surface area contributed by atoms with Gasteiger partial charge < -0.3 is 4.74 Å². The first-order valence-electron chi connectivity index (χ1n) is 6.82. The predicted octanol–water partition coefficient (Wildman–Crippen LogP) is 2.74. The summed E-state index contributed by atoms with van der Waals surface area (Å²) < 4.78 is 6.61. The van der Waals surface area contributed by atoms with Crippen LogP contribution in [0, 0.1) is 11.3 Å². The zero-order chi connectivity index (χ0) is 15.2. The molecular formula is C16H17N3O2. The summed E-state index contributed by atoms with van der Waals surface area (Å²) in [5, 5.41) is 13.0. The zero-order valence-electron chi connectivity index (χ0n) is 12.1. The second-order valence-electron chi connectivity index (χ2n) is 4.74. The Bertz CT molecular complexity index is 653. The van der Waals surface area contributed by atoms with Gasteiger partial charge in [0.25, 0.3) is 0 Å². The van der Waals surface area contributed by atoms with Gasteiger partial charge in [-0.25, -0.2) is 4.79 Å². The Labute approximate surface area is 123 Å². The molecule has 0 bridgehead atoms. The van der Waals surface area contributed by atoms with Crippen LogP contribution in [0.3, 0.4) is 0 Å². The zero-order valence-corrected chi connectivity index (χ0v) is 12.1. The highest BCUT2D eigenvalue weighted by molar-refractivity contribution is 5.88. The Morgan fingerprint density at radius 3 is 2.76 bits per heavy atom. The minimum atomic E-state index is -0.359. The standard InChI is InChI=1S/C16H17N3O2/c1-3-21-16(20)15-9-18-19(11-15)10-13-4-6-14(7-5-13)12(2)8-17/h4-7,9,11-12H,3,10H2,1-2H3. The topological polar surface area (TPSA) is 67.9 Å². The highest BCUT2D eigenvalue weighted by Crippen LogP contribution is 2.15. The first-order valence-corrected chi connectivity index (χ1v) is 6.82. The van der Waals surface area contributed by atoms with E-state index in [2.05, 4.69) is 11.2 Å². The third-order valence-corrected chi connectivity index (χ3v) is 3.16. The van der Waals surface area contributed by atoms with E-state index in [4.69, 9.17) is 10.00 Å². The van der Waals surface area contributed by atoms with Crippen molar-refractivity contribution in [1.29, 1.82) is 5.26 Å². The van der Waals surface area contributed by atoms with Gasteiger partial charge in [0.05, 0.1) is 36.9 Å². The Morgan fingerprint density at radius 2 is 2.14 bits per heavy atom. The molecule has 0 aliphatic rings. The van der Waals surface area contributed by atoms with Crippen molar-refractivity contribution in [3.05, 3.63) is 53.3 Å². The molecule has 108 valence electrons. The minimum absolute atomic E-state index is 0.112. The smallest absolute Gasteiger partial charge is 0.341 e. The van der Waals surface area contributed by atoms with Crippen molar-refractivity contribution < 1.29 is 9.53 Å². The van der Waals surface area contributed by atoms with Crippen LogP contribution < -0.4 is 0 Å². The number of rotatable bonds is 5. The lowest BCUT2D eigenvalue weighted by atomic mass is 10.0. The van der Waals surface area contributed by atoms with Crippen LogP contribution in [-0.2, 0) is 11.3 Å². The molecule has 0 aliphatic carbocycles. The van der Waals surface area contributed by atoms with Crippen molar-refractivity contribution in [1.82, 2.24) is 9.78 Å². The van der Waals surface area contributed by atoms with E-state index < -0.39 is 0 Å². The number of carbonyl (C=O) groups excluding carboxylic acids is 1. The van der Waals surface area contributed by atoms with Gasteiger partial charge in [0.2, 0.25) is 0 Å². The number of nitrogens with zero attached hydrogens (tertiary/aromatic N) is 3. The molecule has 1 heterocycles. The van der Waals surface area contributed by atoms with Crippen LogP contribution in [-0.4, -0.2) is 22.4 Å². The highest BCUT2D eigenvalue weighted by Gasteiger charge is 2.09. The summed E-state index contributed by atoms with van der Waals surface area (Å²) in [4.78, 5) is 11.6. The second kappa shape index (κ2) is 6.71. The van der Waals surface area contributed by atoms with Gasteiger partial charge in [-0.2, -0.15) is 10.4 Å². The lowest BCUT2D eigenvalue weighted by Crippen LogP contribution is -2.04. The quantitative estimate of drug-likeness (QED) is 0.791. The van der Waals surface area contributed by atoms with Crippen LogP contribution in [0.15, 0.2) is 36.7 Å². The van der Waals surface area contributed by atoms with E-state index >= 15 is 0 Å². The van der Waals surface area contributed by atoms with E-state index in [1.807, 2.05) is 31.2 Å². The van der Waals surface area contributed by atoms with E-state index in [1.54, 1.807) is 17.8 Å². The summed E-state index contributed by atoms with van der Waals surface area (Å²) in [7, 11) is 0. The molecule has 0 fully saturated rings. The molecule has 0 aliphatic heterocycles. The van der Waals surface area contributed by atoms with Crippen LogP contribution in [0.5, 0.6) is 0 Å². The molecule has 2 aromatic rings. The molecular weight excluding hydrogens is 266 g/mol. The third-order valence-electron chi connectivity index (χ3n) is 3.16. The third kappa shape index (κ3) is 3.69. The maximum absolute atomic E-state index is 11.6. The summed E-state index contributed by atoms with van der Waals surface area (Å²) in [6.45, 7) is 4.56. The molecule has 1 unspecified atom stereocenters. The summed E-state index contributed by atoms with van der Waals surface area (Å²) in [6, 6.07) is 10.0. The summed E-state index contributed by atoms with van der Waals surface area (Å²) >= 11 is 0. The molecule has 0 saturated heterocycles. The summed E-state index contributed by atoms with van der Waals surface area (Å²) in [6.07, 6.45) is 3.17. The molecule has 5 heteroatoms. The number of ether oxygens (including phenoxy) is 1. The maximum atomic E-state index is 11.6. The number of benzene rings is 1. The maximum Gasteiger partial charge on any atom is 0.341 e. The minimum Gasteiger partial charge on any atom is -0.462 e. The number of hydrogen-bond donors (Lipinski definition) is 0. The van der Waals surface area contributed by atoms with Gasteiger partial charge in [0.15, 0.2) is 0 Å². The number of esters is 1. The van der Waals surface area contributed by atoms with Gasteiger partial charge in [-0.1, -0.05) is 24.3 Å². The molecule has 0 amide bonds. The number of aromatic nitrogens is 2. The van der Waals surface area contributed by atoms with Gasteiger partial charge in [-0.05, 0) is 25.0 Å². The fraction of sp³-hybridized carbons (Fsp3) is 0.312. The highest BCUT2D eigenvalue weighted by atomic mass is 16.5. The first kappa shape index (κ1) is 14.8. The average Bonchev–Trinajstić information content (AvgIpc) is 2.96. The number of carbonyl (C=O) groups is 1.